The monoisotopic (exact) mass is 220 g/mol. The van der Waals surface area contributed by atoms with Crippen molar-refractivity contribution in [3.8, 4) is 10.6 Å². The van der Waals surface area contributed by atoms with E-state index in [2.05, 4.69) is 21.7 Å². The summed E-state index contributed by atoms with van der Waals surface area (Å²) in [6.07, 6.45) is 4.12. The maximum Gasteiger partial charge on any atom is 0.181 e. The number of oxazole rings is 1. The molecule has 1 fully saturated rings. The molecular weight excluding hydrogens is 208 g/mol. The van der Waals surface area contributed by atoms with Crippen molar-refractivity contribution in [2.24, 2.45) is 0 Å². The van der Waals surface area contributed by atoms with Gasteiger partial charge in [-0.2, -0.15) is 0 Å². The van der Waals surface area contributed by atoms with Gasteiger partial charge >= 0.3 is 0 Å². The van der Waals surface area contributed by atoms with Gasteiger partial charge in [0, 0.05) is 12.6 Å². The minimum Gasteiger partial charge on any atom is -0.442 e. The molecule has 0 saturated heterocycles. The molecule has 0 amide bonds. The third kappa shape index (κ3) is 1.96. The average Bonchev–Trinajstić information content (AvgIpc) is 2.79. The van der Waals surface area contributed by atoms with Gasteiger partial charge in [0.25, 0.3) is 0 Å². The second-order valence-corrected chi connectivity index (χ2v) is 4.71. The van der Waals surface area contributed by atoms with Crippen LogP contribution in [0.15, 0.2) is 28.3 Å². The molecule has 4 heteroatoms. The summed E-state index contributed by atoms with van der Waals surface area (Å²) in [7, 11) is 0. The number of hydrogen-bond donors (Lipinski definition) is 1. The summed E-state index contributed by atoms with van der Waals surface area (Å²) in [4.78, 5) is 5.40. The van der Waals surface area contributed by atoms with E-state index in [0.29, 0.717) is 6.04 Å². The number of nitrogens with zero attached hydrogens (tertiary/aromatic N) is 1. The Labute approximate surface area is 92.1 Å². The van der Waals surface area contributed by atoms with Crippen LogP contribution in [-0.4, -0.2) is 11.0 Å². The molecular formula is C11H12N2OS. The molecule has 2 heterocycles. The predicted molar refractivity (Wildman–Crippen MR) is 59.7 cm³/mol. The second-order valence-electron chi connectivity index (χ2n) is 3.76. The third-order valence-corrected chi connectivity index (χ3v) is 3.39. The van der Waals surface area contributed by atoms with Gasteiger partial charge in [-0.3, -0.25) is 0 Å². The van der Waals surface area contributed by atoms with Crippen LogP contribution in [0.1, 0.15) is 18.5 Å². The Bertz CT molecular complexity index is 431. The first-order valence-corrected chi connectivity index (χ1v) is 6.01. The van der Waals surface area contributed by atoms with Crippen LogP contribution in [0, 0.1) is 0 Å². The first-order chi connectivity index (χ1) is 7.43. The fourth-order valence-electron chi connectivity index (χ4n) is 1.53. The number of thiophene rings is 1. The maximum atomic E-state index is 5.42. The lowest BCUT2D eigenvalue weighted by Gasteiger charge is -2.00. The van der Waals surface area contributed by atoms with Crippen LogP contribution in [0.2, 0.25) is 0 Å². The Morgan fingerprint density at radius 2 is 2.47 bits per heavy atom. The summed E-state index contributed by atoms with van der Waals surface area (Å²) in [6.45, 7) is 0.814. The number of hydrogen-bond acceptors (Lipinski definition) is 4. The molecule has 0 aliphatic heterocycles. The van der Waals surface area contributed by atoms with Gasteiger partial charge in [-0.25, -0.2) is 4.98 Å². The number of aromatic nitrogens is 1. The van der Waals surface area contributed by atoms with Crippen LogP contribution < -0.4 is 5.32 Å². The van der Waals surface area contributed by atoms with E-state index < -0.39 is 0 Å². The highest BCUT2D eigenvalue weighted by Gasteiger charge is 2.21. The fourth-order valence-corrected chi connectivity index (χ4v) is 2.27. The van der Waals surface area contributed by atoms with E-state index in [1.807, 2.05) is 6.07 Å². The molecule has 0 atom stereocenters. The van der Waals surface area contributed by atoms with Gasteiger partial charge in [0.05, 0.1) is 4.88 Å². The Hall–Kier alpha value is -1.13. The quantitative estimate of drug-likeness (QED) is 0.860. The zero-order valence-electron chi connectivity index (χ0n) is 8.27. The lowest BCUT2D eigenvalue weighted by Crippen LogP contribution is -2.15. The summed E-state index contributed by atoms with van der Waals surface area (Å²) in [5.74, 6) is 0.915. The zero-order chi connectivity index (χ0) is 10.1. The number of rotatable bonds is 4. The van der Waals surface area contributed by atoms with Gasteiger partial charge in [-0.15, -0.1) is 11.3 Å². The molecule has 0 spiro atoms. The van der Waals surface area contributed by atoms with Crippen molar-refractivity contribution in [1.82, 2.24) is 10.3 Å². The summed E-state index contributed by atoms with van der Waals surface area (Å²) in [5, 5.41) is 5.50. The van der Waals surface area contributed by atoms with Gasteiger partial charge in [-0.05, 0) is 24.3 Å². The molecule has 0 bridgehead atoms. The Morgan fingerprint density at radius 1 is 1.53 bits per heavy atom. The summed E-state index contributed by atoms with van der Waals surface area (Å²) < 4.78 is 5.42. The smallest absolute Gasteiger partial charge is 0.181 e. The molecule has 1 N–H and O–H groups in total. The van der Waals surface area contributed by atoms with Gasteiger partial charge < -0.3 is 9.73 Å². The van der Waals surface area contributed by atoms with Gasteiger partial charge in [-0.1, -0.05) is 6.07 Å². The molecule has 3 rings (SSSR count). The molecule has 0 unspecified atom stereocenters. The molecule has 2 aromatic rings. The van der Waals surface area contributed by atoms with Crippen LogP contribution in [0.3, 0.4) is 0 Å². The first-order valence-electron chi connectivity index (χ1n) is 5.13. The average molecular weight is 220 g/mol. The van der Waals surface area contributed by atoms with Crippen molar-refractivity contribution in [2.45, 2.75) is 25.4 Å². The van der Waals surface area contributed by atoms with E-state index in [0.717, 1.165) is 22.9 Å². The largest absolute Gasteiger partial charge is 0.442 e. The summed E-state index contributed by atoms with van der Waals surface area (Å²) >= 11 is 1.68. The van der Waals surface area contributed by atoms with Gasteiger partial charge in [0.2, 0.25) is 0 Å². The fraction of sp³-hybridized carbons (Fsp3) is 0.364. The van der Waals surface area contributed by atoms with Crippen LogP contribution in [0.25, 0.3) is 10.6 Å². The number of nitrogens with one attached hydrogen (secondary N) is 1. The van der Waals surface area contributed by atoms with Crippen LogP contribution in [0.5, 0.6) is 0 Å². The molecule has 0 aromatic carbocycles. The van der Waals surface area contributed by atoms with E-state index in [-0.39, 0.29) is 0 Å². The van der Waals surface area contributed by atoms with Crippen LogP contribution in [-0.2, 0) is 6.54 Å². The predicted octanol–water partition coefficient (Wildman–Crippen LogP) is 2.66. The minimum absolute atomic E-state index is 0.706. The molecule has 3 nitrogen and oxygen atoms in total. The SMILES string of the molecule is c1csc(-c2ocnc2CNC2CC2)c1. The summed E-state index contributed by atoms with van der Waals surface area (Å²) in [6, 6.07) is 4.80. The Morgan fingerprint density at radius 3 is 3.20 bits per heavy atom. The van der Waals surface area contributed by atoms with Crippen molar-refractivity contribution < 1.29 is 4.42 Å². The molecule has 15 heavy (non-hydrogen) atoms. The molecule has 0 radical (unpaired) electrons. The van der Waals surface area contributed by atoms with Crippen LogP contribution in [0.4, 0.5) is 0 Å². The van der Waals surface area contributed by atoms with Gasteiger partial charge in [0.1, 0.15) is 5.69 Å². The van der Waals surface area contributed by atoms with E-state index in [9.17, 15) is 0 Å². The van der Waals surface area contributed by atoms with E-state index in [1.54, 1.807) is 11.3 Å². The highest BCUT2D eigenvalue weighted by atomic mass is 32.1. The van der Waals surface area contributed by atoms with Crippen LogP contribution >= 0.6 is 11.3 Å². The minimum atomic E-state index is 0.706. The standard InChI is InChI=1S/C11H12N2OS/c1-2-10(15-5-1)11-9(13-7-14-11)6-12-8-3-4-8/h1-2,5,7-8,12H,3-4,6H2. The lowest BCUT2D eigenvalue weighted by molar-refractivity contribution is 0.570. The molecule has 2 aromatic heterocycles. The normalized spacial score (nSPS) is 15.7. The molecule has 78 valence electrons. The lowest BCUT2D eigenvalue weighted by atomic mass is 10.3. The topological polar surface area (TPSA) is 38.1 Å². The van der Waals surface area contributed by atoms with Crippen molar-refractivity contribution in [1.29, 1.82) is 0 Å². The third-order valence-electron chi connectivity index (χ3n) is 2.52. The van der Waals surface area contributed by atoms with E-state index in [4.69, 9.17) is 4.42 Å². The van der Waals surface area contributed by atoms with Gasteiger partial charge in [0.15, 0.2) is 12.2 Å². The zero-order valence-corrected chi connectivity index (χ0v) is 9.09. The highest BCUT2D eigenvalue weighted by molar-refractivity contribution is 7.13. The molecule has 1 aliphatic carbocycles. The maximum absolute atomic E-state index is 5.42. The van der Waals surface area contributed by atoms with E-state index >= 15 is 0 Å². The molecule has 1 saturated carbocycles. The van der Waals surface area contributed by atoms with Crippen molar-refractivity contribution in [3.05, 3.63) is 29.6 Å². The first kappa shape index (κ1) is 9.12. The Kier molecular flexibility index (Phi) is 2.31. The van der Waals surface area contributed by atoms with E-state index in [1.165, 1.54) is 19.2 Å². The second kappa shape index (κ2) is 3.79. The van der Waals surface area contributed by atoms with Crippen molar-refractivity contribution in [2.75, 3.05) is 0 Å². The van der Waals surface area contributed by atoms with Crippen molar-refractivity contribution >= 4 is 11.3 Å². The molecule has 1 aliphatic rings. The summed E-state index contributed by atoms with van der Waals surface area (Å²) in [5.41, 5.74) is 1.02. The highest BCUT2D eigenvalue weighted by Crippen LogP contribution is 2.28. The van der Waals surface area contributed by atoms with Crippen molar-refractivity contribution in [3.63, 3.8) is 0 Å². The Balaban J connectivity index is 1.79.